The molecule has 0 unspecified atom stereocenters. The SMILES string of the molecule is COc1ccc(CC(=O)c2ccc(O)c(CN3C[C@H](C)C[C@H](C)C3)c2O)cc1OC. The van der Waals surface area contributed by atoms with Crippen molar-refractivity contribution >= 4 is 5.78 Å². The lowest BCUT2D eigenvalue weighted by Crippen LogP contribution is -2.38. The van der Waals surface area contributed by atoms with Crippen LogP contribution in [0.25, 0.3) is 0 Å². The maximum Gasteiger partial charge on any atom is 0.170 e. The van der Waals surface area contributed by atoms with Crippen LogP contribution in [-0.2, 0) is 13.0 Å². The zero-order valence-corrected chi connectivity index (χ0v) is 18.1. The van der Waals surface area contributed by atoms with E-state index in [9.17, 15) is 15.0 Å². The minimum absolute atomic E-state index is 0.0149. The molecule has 0 aromatic heterocycles. The molecule has 2 aromatic carbocycles. The molecule has 6 nitrogen and oxygen atoms in total. The first-order chi connectivity index (χ1) is 14.3. The van der Waals surface area contributed by atoms with Gasteiger partial charge in [0.1, 0.15) is 11.5 Å². The van der Waals surface area contributed by atoms with Gasteiger partial charge in [-0.2, -0.15) is 0 Å². The van der Waals surface area contributed by atoms with Crippen LogP contribution >= 0.6 is 0 Å². The third-order valence-corrected chi connectivity index (χ3v) is 5.70. The highest BCUT2D eigenvalue weighted by atomic mass is 16.5. The molecule has 0 aliphatic carbocycles. The molecule has 0 bridgehead atoms. The summed E-state index contributed by atoms with van der Waals surface area (Å²) in [6, 6.07) is 8.29. The maximum atomic E-state index is 12.9. The third kappa shape index (κ3) is 4.87. The summed E-state index contributed by atoms with van der Waals surface area (Å²) in [5.74, 6) is 1.93. The van der Waals surface area contributed by atoms with E-state index in [0.717, 1.165) is 18.7 Å². The van der Waals surface area contributed by atoms with Crippen molar-refractivity contribution in [3.05, 3.63) is 47.0 Å². The van der Waals surface area contributed by atoms with E-state index in [1.807, 2.05) is 0 Å². The van der Waals surface area contributed by atoms with E-state index in [0.29, 0.717) is 35.4 Å². The van der Waals surface area contributed by atoms with Gasteiger partial charge in [0.2, 0.25) is 0 Å². The first-order valence-corrected chi connectivity index (χ1v) is 10.3. The summed E-state index contributed by atoms with van der Waals surface area (Å²) in [6.07, 6.45) is 1.29. The Morgan fingerprint density at radius 2 is 1.70 bits per heavy atom. The Labute approximate surface area is 178 Å². The molecular formula is C24H31NO5. The quantitative estimate of drug-likeness (QED) is 0.668. The van der Waals surface area contributed by atoms with E-state index in [1.165, 1.54) is 18.6 Å². The molecule has 2 N–H and O–H groups in total. The van der Waals surface area contributed by atoms with Crippen LogP contribution in [0.5, 0.6) is 23.0 Å². The monoisotopic (exact) mass is 413 g/mol. The standard InChI is InChI=1S/C24H31NO5/c1-15-9-16(2)13-25(12-15)14-19-20(26)7-6-18(24(19)28)21(27)10-17-5-8-22(29-3)23(11-17)30-4/h5-8,11,15-16,26,28H,9-10,12-14H2,1-4H3/t15-,16+. The van der Waals surface area contributed by atoms with E-state index in [1.54, 1.807) is 32.4 Å². The van der Waals surface area contributed by atoms with Crippen LogP contribution in [0.4, 0.5) is 0 Å². The van der Waals surface area contributed by atoms with Crippen molar-refractivity contribution < 1.29 is 24.5 Å². The number of ether oxygens (including phenoxy) is 2. The van der Waals surface area contributed by atoms with Crippen LogP contribution in [0, 0.1) is 11.8 Å². The minimum Gasteiger partial charge on any atom is -0.507 e. The van der Waals surface area contributed by atoms with Crippen LogP contribution in [0.2, 0.25) is 0 Å². The van der Waals surface area contributed by atoms with Crippen molar-refractivity contribution in [1.29, 1.82) is 0 Å². The number of nitrogens with zero attached hydrogens (tertiary/aromatic N) is 1. The fourth-order valence-electron chi connectivity index (χ4n) is 4.42. The van der Waals surface area contributed by atoms with E-state index < -0.39 is 0 Å². The van der Waals surface area contributed by atoms with Gasteiger partial charge in [-0.25, -0.2) is 0 Å². The Morgan fingerprint density at radius 1 is 1.03 bits per heavy atom. The van der Waals surface area contributed by atoms with Crippen LogP contribution < -0.4 is 9.47 Å². The topological polar surface area (TPSA) is 79.2 Å². The number of aromatic hydroxyl groups is 2. The van der Waals surface area contributed by atoms with Crippen LogP contribution in [0.15, 0.2) is 30.3 Å². The largest absolute Gasteiger partial charge is 0.507 e. The van der Waals surface area contributed by atoms with E-state index in [2.05, 4.69) is 18.7 Å². The van der Waals surface area contributed by atoms with Crippen molar-refractivity contribution in [3.63, 3.8) is 0 Å². The van der Waals surface area contributed by atoms with Crippen molar-refractivity contribution in [3.8, 4) is 23.0 Å². The first kappa shape index (κ1) is 22.0. The molecule has 3 rings (SSSR count). The number of benzene rings is 2. The second kappa shape index (κ2) is 9.39. The number of ketones is 1. The summed E-state index contributed by atoms with van der Waals surface area (Å²) in [5.41, 5.74) is 1.38. The smallest absolute Gasteiger partial charge is 0.170 e. The number of Topliss-reactive ketones (excluding diaryl/α,β-unsaturated/α-hetero) is 1. The van der Waals surface area contributed by atoms with Gasteiger partial charge in [-0.1, -0.05) is 19.9 Å². The Balaban J connectivity index is 1.81. The summed E-state index contributed by atoms with van der Waals surface area (Å²) in [4.78, 5) is 15.2. The molecule has 30 heavy (non-hydrogen) atoms. The highest BCUT2D eigenvalue weighted by molar-refractivity contribution is 6.00. The molecule has 0 spiro atoms. The number of rotatable bonds is 7. The van der Waals surface area contributed by atoms with Gasteiger partial charge in [0.05, 0.1) is 25.3 Å². The van der Waals surface area contributed by atoms with Crippen molar-refractivity contribution in [2.24, 2.45) is 11.8 Å². The molecule has 1 fully saturated rings. The number of hydrogen-bond acceptors (Lipinski definition) is 6. The van der Waals surface area contributed by atoms with Gasteiger partial charge < -0.3 is 19.7 Å². The van der Waals surface area contributed by atoms with Gasteiger partial charge >= 0.3 is 0 Å². The molecule has 0 amide bonds. The normalized spacial score (nSPS) is 19.5. The molecule has 6 heteroatoms. The Hall–Kier alpha value is -2.73. The summed E-state index contributed by atoms with van der Waals surface area (Å²) in [5, 5.41) is 21.2. The second-order valence-electron chi connectivity index (χ2n) is 8.39. The van der Waals surface area contributed by atoms with Gasteiger partial charge in [-0.15, -0.1) is 0 Å². The molecule has 162 valence electrons. The second-order valence-corrected chi connectivity index (χ2v) is 8.39. The predicted octanol–water partition coefficient (Wildman–Crippen LogP) is 4.02. The molecule has 1 saturated heterocycles. The lowest BCUT2D eigenvalue weighted by molar-refractivity contribution is 0.0989. The molecule has 0 saturated carbocycles. The van der Waals surface area contributed by atoms with Gasteiger partial charge in [0.15, 0.2) is 17.3 Å². The van der Waals surface area contributed by atoms with Gasteiger partial charge in [0.25, 0.3) is 0 Å². The van der Waals surface area contributed by atoms with Gasteiger partial charge in [0, 0.05) is 26.1 Å². The molecule has 1 aliphatic rings. The summed E-state index contributed by atoms with van der Waals surface area (Å²) >= 11 is 0. The zero-order valence-electron chi connectivity index (χ0n) is 18.1. The Morgan fingerprint density at radius 3 is 2.33 bits per heavy atom. The fraction of sp³-hybridized carbons (Fsp3) is 0.458. The summed E-state index contributed by atoms with van der Waals surface area (Å²) in [7, 11) is 3.10. The van der Waals surface area contributed by atoms with Crippen molar-refractivity contribution in [2.75, 3.05) is 27.3 Å². The molecule has 1 aliphatic heterocycles. The van der Waals surface area contributed by atoms with Gasteiger partial charge in [-0.05, 0) is 48.1 Å². The molecule has 2 atom stereocenters. The van der Waals surface area contributed by atoms with Crippen LogP contribution in [0.3, 0.4) is 0 Å². The number of methoxy groups -OCH3 is 2. The van der Waals surface area contributed by atoms with E-state index >= 15 is 0 Å². The average molecular weight is 414 g/mol. The van der Waals surface area contributed by atoms with Gasteiger partial charge in [-0.3, -0.25) is 9.69 Å². The zero-order chi connectivity index (χ0) is 21.8. The predicted molar refractivity (Wildman–Crippen MR) is 116 cm³/mol. The van der Waals surface area contributed by atoms with Crippen LogP contribution in [-0.4, -0.2) is 48.2 Å². The van der Waals surface area contributed by atoms with Crippen molar-refractivity contribution in [1.82, 2.24) is 4.90 Å². The molecule has 0 radical (unpaired) electrons. The highest BCUT2D eigenvalue weighted by Crippen LogP contribution is 2.35. The average Bonchev–Trinajstić information content (AvgIpc) is 2.70. The molecule has 1 heterocycles. The number of hydrogen-bond donors (Lipinski definition) is 2. The van der Waals surface area contributed by atoms with Crippen LogP contribution in [0.1, 0.15) is 41.8 Å². The maximum absolute atomic E-state index is 12.9. The van der Waals surface area contributed by atoms with Crippen molar-refractivity contribution in [2.45, 2.75) is 33.2 Å². The van der Waals surface area contributed by atoms with E-state index in [4.69, 9.17) is 9.47 Å². The Bertz CT molecular complexity index is 901. The number of phenolic OH excluding ortho intramolecular Hbond substituents is 2. The number of phenols is 2. The lowest BCUT2D eigenvalue weighted by atomic mass is 9.91. The number of carbonyl (C=O) groups excluding carboxylic acids is 1. The number of piperidine rings is 1. The van der Waals surface area contributed by atoms with E-state index in [-0.39, 0.29) is 29.3 Å². The minimum atomic E-state index is -0.221. The first-order valence-electron chi connectivity index (χ1n) is 10.3. The lowest BCUT2D eigenvalue weighted by Gasteiger charge is -2.35. The highest BCUT2D eigenvalue weighted by Gasteiger charge is 2.25. The molecular weight excluding hydrogens is 382 g/mol. The number of likely N-dealkylation sites (tertiary alicyclic amines) is 1. The third-order valence-electron chi connectivity index (χ3n) is 5.70. The fourth-order valence-corrected chi connectivity index (χ4v) is 4.42. The summed E-state index contributed by atoms with van der Waals surface area (Å²) in [6.45, 7) is 6.67. The molecule has 2 aromatic rings. The summed E-state index contributed by atoms with van der Waals surface area (Å²) < 4.78 is 10.5. The Kier molecular flexibility index (Phi) is 6.87. The number of carbonyl (C=O) groups is 1.